The SMILES string of the molecule is CC(C)(C)c1nn(-c2nnc(C(F)F)s2)c2cc(S(N)(=O)=O)cc(Cl)c12. The first-order chi connectivity index (χ1) is 11.9. The summed E-state index contributed by atoms with van der Waals surface area (Å²) in [7, 11) is -4.03. The van der Waals surface area contributed by atoms with Crippen molar-refractivity contribution in [2.45, 2.75) is 37.5 Å². The lowest BCUT2D eigenvalue weighted by Gasteiger charge is -2.16. The summed E-state index contributed by atoms with van der Waals surface area (Å²) in [5.41, 5.74) is 0.405. The van der Waals surface area contributed by atoms with E-state index in [-0.39, 0.29) is 15.0 Å². The summed E-state index contributed by atoms with van der Waals surface area (Å²) in [6.07, 6.45) is -2.77. The molecule has 0 fully saturated rings. The minimum Gasteiger partial charge on any atom is -0.225 e. The van der Waals surface area contributed by atoms with E-state index in [1.54, 1.807) is 0 Å². The molecule has 2 N–H and O–H groups in total. The van der Waals surface area contributed by atoms with Gasteiger partial charge in [-0.25, -0.2) is 27.0 Å². The van der Waals surface area contributed by atoms with Crippen LogP contribution in [-0.2, 0) is 15.4 Å². The maximum absolute atomic E-state index is 12.9. The third kappa shape index (κ3) is 3.31. The number of primary sulfonamides is 1. The fourth-order valence-corrected chi connectivity index (χ4v) is 4.00. The Morgan fingerprint density at radius 2 is 1.92 bits per heavy atom. The van der Waals surface area contributed by atoms with Crippen LogP contribution in [-0.4, -0.2) is 28.4 Å². The van der Waals surface area contributed by atoms with Crippen LogP contribution in [0.2, 0.25) is 5.02 Å². The molecule has 0 aliphatic rings. The number of alkyl halides is 2. The van der Waals surface area contributed by atoms with Gasteiger partial charge >= 0.3 is 0 Å². The molecule has 3 rings (SSSR count). The van der Waals surface area contributed by atoms with Crippen molar-refractivity contribution in [3.05, 3.63) is 27.9 Å². The molecule has 1 aromatic carbocycles. The van der Waals surface area contributed by atoms with E-state index in [9.17, 15) is 17.2 Å². The molecule has 0 spiro atoms. The molecule has 0 aliphatic carbocycles. The first kappa shape index (κ1) is 19.1. The summed E-state index contributed by atoms with van der Waals surface area (Å²) in [5.74, 6) is 0. The maximum atomic E-state index is 12.9. The Labute approximate surface area is 156 Å². The van der Waals surface area contributed by atoms with Gasteiger partial charge in [0, 0.05) is 10.8 Å². The highest BCUT2D eigenvalue weighted by Crippen LogP contribution is 2.37. The number of aromatic nitrogens is 4. The lowest BCUT2D eigenvalue weighted by molar-refractivity contribution is 0.150. The number of hydrogen-bond acceptors (Lipinski definition) is 6. The number of nitrogens with two attached hydrogens (primary N) is 1. The number of halogens is 3. The number of sulfonamides is 1. The third-order valence-electron chi connectivity index (χ3n) is 3.54. The van der Waals surface area contributed by atoms with Crippen molar-refractivity contribution in [3.8, 4) is 5.13 Å². The van der Waals surface area contributed by atoms with Crippen molar-refractivity contribution in [3.63, 3.8) is 0 Å². The van der Waals surface area contributed by atoms with Crippen molar-refractivity contribution in [2.24, 2.45) is 5.14 Å². The zero-order valence-corrected chi connectivity index (χ0v) is 16.3. The molecule has 26 heavy (non-hydrogen) atoms. The molecule has 0 unspecified atom stereocenters. The van der Waals surface area contributed by atoms with Crippen LogP contribution < -0.4 is 5.14 Å². The normalized spacial score (nSPS) is 13.1. The molecule has 0 saturated heterocycles. The molecule has 140 valence electrons. The molecule has 2 heterocycles. The Bertz CT molecular complexity index is 1100. The van der Waals surface area contributed by atoms with Gasteiger partial charge in [-0.15, -0.1) is 10.2 Å². The van der Waals surface area contributed by atoms with Crippen molar-refractivity contribution in [1.29, 1.82) is 0 Å². The monoisotopic (exact) mass is 421 g/mol. The number of hydrogen-bond donors (Lipinski definition) is 1. The largest absolute Gasteiger partial charge is 0.291 e. The van der Waals surface area contributed by atoms with Crippen LogP contribution >= 0.6 is 22.9 Å². The number of nitrogens with zero attached hydrogens (tertiary/aromatic N) is 4. The van der Waals surface area contributed by atoms with Gasteiger partial charge in [0.1, 0.15) is 0 Å². The molecule has 0 radical (unpaired) electrons. The molecular formula is C14H14ClF2N5O2S2. The summed E-state index contributed by atoms with van der Waals surface area (Å²) >= 11 is 6.97. The second-order valence-corrected chi connectivity index (χ2v) is 9.53. The average molecular weight is 422 g/mol. The zero-order chi connectivity index (χ0) is 19.4. The van der Waals surface area contributed by atoms with Crippen molar-refractivity contribution in [1.82, 2.24) is 20.0 Å². The first-order valence-corrected chi connectivity index (χ1v) is 10.0. The second-order valence-electron chi connectivity index (χ2n) is 6.58. The fraction of sp³-hybridized carbons (Fsp3) is 0.357. The Balaban J connectivity index is 2.39. The van der Waals surface area contributed by atoms with Gasteiger partial charge in [-0.05, 0) is 12.1 Å². The molecule has 0 bridgehead atoms. The predicted molar refractivity (Wildman–Crippen MR) is 94.6 cm³/mol. The highest BCUT2D eigenvalue weighted by Gasteiger charge is 2.28. The number of benzene rings is 1. The van der Waals surface area contributed by atoms with Crippen molar-refractivity contribution >= 4 is 43.9 Å². The molecule has 12 heteroatoms. The molecule has 0 amide bonds. The smallest absolute Gasteiger partial charge is 0.225 e. The lowest BCUT2D eigenvalue weighted by Crippen LogP contribution is -2.13. The summed E-state index contributed by atoms with van der Waals surface area (Å²) in [6.45, 7) is 5.69. The standard InChI is InChI=1S/C14H14ClF2N5O2S2/c1-14(2,3)10-9-7(15)4-6(26(18,23)24)5-8(9)22(21-10)13-20-19-12(25-13)11(16)17/h4-5,11H,1-3H3,(H2,18,23,24). The Morgan fingerprint density at radius 1 is 1.27 bits per heavy atom. The van der Waals surface area contributed by atoms with E-state index in [1.165, 1.54) is 16.8 Å². The van der Waals surface area contributed by atoms with Gasteiger partial charge in [0.15, 0.2) is 5.01 Å². The molecule has 3 aromatic rings. The van der Waals surface area contributed by atoms with Gasteiger partial charge < -0.3 is 0 Å². The fourth-order valence-electron chi connectivity index (χ4n) is 2.41. The van der Waals surface area contributed by atoms with Crippen molar-refractivity contribution in [2.75, 3.05) is 0 Å². The van der Waals surface area contributed by atoms with Gasteiger partial charge in [0.2, 0.25) is 15.2 Å². The van der Waals surface area contributed by atoms with Crippen LogP contribution in [0.4, 0.5) is 8.78 Å². The van der Waals surface area contributed by atoms with E-state index in [1.807, 2.05) is 20.8 Å². The van der Waals surface area contributed by atoms with Gasteiger partial charge in [0.25, 0.3) is 6.43 Å². The van der Waals surface area contributed by atoms with E-state index >= 15 is 0 Å². The molecular weight excluding hydrogens is 408 g/mol. The predicted octanol–water partition coefficient (Wildman–Crippen LogP) is 3.41. The molecule has 0 aliphatic heterocycles. The lowest BCUT2D eigenvalue weighted by atomic mass is 9.90. The minimum atomic E-state index is -4.03. The van der Waals surface area contributed by atoms with E-state index < -0.39 is 26.9 Å². The van der Waals surface area contributed by atoms with E-state index in [2.05, 4.69) is 15.3 Å². The van der Waals surface area contributed by atoms with E-state index in [4.69, 9.17) is 16.7 Å². The third-order valence-corrected chi connectivity index (χ3v) is 5.64. The van der Waals surface area contributed by atoms with Crippen LogP contribution in [0.25, 0.3) is 16.0 Å². The quantitative estimate of drug-likeness (QED) is 0.697. The number of rotatable bonds is 3. The summed E-state index contributed by atoms with van der Waals surface area (Å²) in [4.78, 5) is -0.213. The van der Waals surface area contributed by atoms with E-state index in [0.717, 1.165) is 0 Å². The van der Waals surface area contributed by atoms with Crippen molar-refractivity contribution < 1.29 is 17.2 Å². The average Bonchev–Trinajstić information content (AvgIpc) is 3.09. The van der Waals surface area contributed by atoms with Crippen LogP contribution in [0.3, 0.4) is 0 Å². The molecule has 2 aromatic heterocycles. The van der Waals surface area contributed by atoms with Crippen LogP contribution in [0.1, 0.15) is 37.9 Å². The van der Waals surface area contributed by atoms with E-state index in [0.29, 0.717) is 27.9 Å². The Kier molecular flexibility index (Phi) is 4.54. The highest BCUT2D eigenvalue weighted by molar-refractivity contribution is 7.89. The molecule has 0 saturated carbocycles. The number of fused-ring (bicyclic) bond motifs is 1. The summed E-state index contributed by atoms with van der Waals surface area (Å²) < 4.78 is 50.4. The van der Waals surface area contributed by atoms with Gasteiger partial charge in [-0.1, -0.05) is 43.7 Å². The first-order valence-electron chi connectivity index (χ1n) is 7.27. The second kappa shape index (κ2) is 6.19. The van der Waals surface area contributed by atoms with Gasteiger partial charge in [-0.3, -0.25) is 0 Å². The Hall–Kier alpha value is -1.69. The summed E-state index contributed by atoms with van der Waals surface area (Å²) in [6, 6.07) is 2.54. The topological polar surface area (TPSA) is 104 Å². The van der Waals surface area contributed by atoms with Crippen LogP contribution in [0.5, 0.6) is 0 Å². The summed E-state index contributed by atoms with van der Waals surface area (Å²) in [5, 5.41) is 17.1. The minimum absolute atomic E-state index is 0.0726. The Morgan fingerprint density at radius 3 is 2.42 bits per heavy atom. The van der Waals surface area contributed by atoms with Crippen LogP contribution in [0, 0.1) is 0 Å². The zero-order valence-electron chi connectivity index (χ0n) is 13.9. The molecule has 0 atom stereocenters. The highest BCUT2D eigenvalue weighted by atomic mass is 35.5. The maximum Gasteiger partial charge on any atom is 0.291 e. The van der Waals surface area contributed by atoms with Crippen LogP contribution in [0.15, 0.2) is 17.0 Å². The molecule has 7 nitrogen and oxygen atoms in total. The van der Waals surface area contributed by atoms with Gasteiger partial charge in [0.05, 0.1) is 21.1 Å². The van der Waals surface area contributed by atoms with Gasteiger partial charge in [-0.2, -0.15) is 5.10 Å².